The van der Waals surface area contributed by atoms with Crippen LogP contribution in [0.15, 0.2) is 73.1 Å². The third-order valence-electron chi connectivity index (χ3n) is 4.85. The smallest absolute Gasteiger partial charge is 0.259 e. The van der Waals surface area contributed by atoms with E-state index in [1.165, 1.54) is 0 Å². The third kappa shape index (κ3) is 3.93. The number of nitrogens with zero attached hydrogens (tertiary/aromatic N) is 2. The van der Waals surface area contributed by atoms with Crippen molar-refractivity contribution in [1.29, 1.82) is 0 Å². The molecular weight excluding hydrogens is 350 g/mol. The SMILES string of the molecule is O=C(Cc1ccccc1)Nc1ccc2c(c1)N(C(=O)c1cccnc1)CCC2. The van der Waals surface area contributed by atoms with Crippen LogP contribution in [0.2, 0.25) is 0 Å². The number of amides is 2. The van der Waals surface area contributed by atoms with Crippen LogP contribution in [0.1, 0.15) is 27.9 Å². The molecule has 1 aliphatic heterocycles. The third-order valence-corrected chi connectivity index (χ3v) is 4.85. The number of aryl methyl sites for hydroxylation is 1. The summed E-state index contributed by atoms with van der Waals surface area (Å²) >= 11 is 0. The lowest BCUT2D eigenvalue weighted by Gasteiger charge is -2.30. The summed E-state index contributed by atoms with van der Waals surface area (Å²) in [6.45, 7) is 0.655. The summed E-state index contributed by atoms with van der Waals surface area (Å²) in [5, 5.41) is 2.95. The van der Waals surface area contributed by atoms with Gasteiger partial charge < -0.3 is 10.2 Å². The minimum atomic E-state index is -0.0768. The summed E-state index contributed by atoms with van der Waals surface area (Å²) in [4.78, 5) is 31.2. The van der Waals surface area contributed by atoms with Crippen molar-refractivity contribution >= 4 is 23.2 Å². The summed E-state index contributed by atoms with van der Waals surface area (Å²) in [7, 11) is 0. The molecule has 140 valence electrons. The summed E-state index contributed by atoms with van der Waals surface area (Å²) < 4.78 is 0. The average molecular weight is 371 g/mol. The van der Waals surface area contributed by atoms with E-state index in [0.717, 1.165) is 29.7 Å². The van der Waals surface area contributed by atoms with E-state index in [2.05, 4.69) is 10.3 Å². The number of carbonyl (C=O) groups is 2. The number of rotatable bonds is 4. The van der Waals surface area contributed by atoms with E-state index in [1.54, 1.807) is 29.4 Å². The maximum absolute atomic E-state index is 12.9. The standard InChI is InChI=1S/C23H21N3O2/c27-22(14-17-6-2-1-3-7-17)25-20-11-10-18-9-5-13-26(21(18)15-20)23(28)19-8-4-12-24-16-19/h1-4,6-8,10-12,15-16H,5,9,13-14H2,(H,25,27). The largest absolute Gasteiger partial charge is 0.326 e. The van der Waals surface area contributed by atoms with Crippen molar-refractivity contribution in [3.63, 3.8) is 0 Å². The van der Waals surface area contributed by atoms with Gasteiger partial charge in [0.1, 0.15) is 0 Å². The molecule has 0 spiro atoms. The van der Waals surface area contributed by atoms with Gasteiger partial charge in [-0.1, -0.05) is 36.4 Å². The van der Waals surface area contributed by atoms with Crippen molar-refractivity contribution in [3.05, 3.63) is 89.7 Å². The second-order valence-electron chi connectivity index (χ2n) is 6.86. The Morgan fingerprint density at radius 1 is 1.04 bits per heavy atom. The van der Waals surface area contributed by atoms with Crippen molar-refractivity contribution in [3.8, 4) is 0 Å². The molecule has 0 fully saturated rings. The number of nitrogens with one attached hydrogen (secondary N) is 1. The predicted molar refractivity (Wildman–Crippen MR) is 109 cm³/mol. The first-order valence-corrected chi connectivity index (χ1v) is 9.39. The number of pyridine rings is 1. The average Bonchev–Trinajstić information content (AvgIpc) is 2.74. The second-order valence-corrected chi connectivity index (χ2v) is 6.86. The van der Waals surface area contributed by atoms with Gasteiger partial charge in [-0.25, -0.2) is 0 Å². The Morgan fingerprint density at radius 3 is 2.68 bits per heavy atom. The van der Waals surface area contributed by atoms with Crippen LogP contribution in [0.3, 0.4) is 0 Å². The molecule has 1 aromatic heterocycles. The van der Waals surface area contributed by atoms with Gasteiger partial charge in [0.2, 0.25) is 5.91 Å². The summed E-state index contributed by atoms with van der Waals surface area (Å²) in [6, 6.07) is 19.0. The monoisotopic (exact) mass is 371 g/mol. The zero-order valence-corrected chi connectivity index (χ0v) is 15.5. The van der Waals surface area contributed by atoms with E-state index in [-0.39, 0.29) is 11.8 Å². The summed E-state index contributed by atoms with van der Waals surface area (Å²) in [6.07, 6.45) is 5.39. The minimum Gasteiger partial charge on any atom is -0.326 e. The van der Waals surface area contributed by atoms with Gasteiger partial charge in [0, 0.05) is 30.3 Å². The first-order valence-electron chi connectivity index (χ1n) is 9.39. The highest BCUT2D eigenvalue weighted by Crippen LogP contribution is 2.31. The molecule has 1 N–H and O–H groups in total. The number of fused-ring (bicyclic) bond motifs is 1. The van der Waals surface area contributed by atoms with Gasteiger partial charge in [-0.05, 0) is 48.2 Å². The molecule has 0 atom stereocenters. The molecule has 3 aromatic rings. The number of carbonyl (C=O) groups excluding carboxylic acids is 2. The Bertz CT molecular complexity index is 987. The number of hydrogen-bond donors (Lipinski definition) is 1. The van der Waals surface area contributed by atoms with Gasteiger partial charge in [0.25, 0.3) is 5.91 Å². The van der Waals surface area contributed by atoms with Crippen LogP contribution in [-0.4, -0.2) is 23.3 Å². The summed E-state index contributed by atoms with van der Waals surface area (Å²) in [5.74, 6) is -0.145. The molecule has 28 heavy (non-hydrogen) atoms. The Kier molecular flexibility index (Phi) is 5.15. The van der Waals surface area contributed by atoms with Gasteiger partial charge in [-0.15, -0.1) is 0 Å². The predicted octanol–water partition coefficient (Wildman–Crippen LogP) is 3.86. The normalized spacial score (nSPS) is 12.9. The first-order chi connectivity index (χ1) is 13.7. The van der Waals surface area contributed by atoms with Crippen LogP contribution in [0.5, 0.6) is 0 Å². The number of hydrogen-bond acceptors (Lipinski definition) is 3. The van der Waals surface area contributed by atoms with Crippen LogP contribution < -0.4 is 10.2 Å². The summed E-state index contributed by atoms with van der Waals surface area (Å²) in [5.41, 5.74) is 4.20. The van der Waals surface area contributed by atoms with Crippen molar-refractivity contribution in [2.45, 2.75) is 19.3 Å². The first kappa shape index (κ1) is 17.9. The fourth-order valence-corrected chi connectivity index (χ4v) is 3.49. The molecule has 0 unspecified atom stereocenters. The lowest BCUT2D eigenvalue weighted by molar-refractivity contribution is -0.115. The molecule has 2 heterocycles. The molecule has 5 nitrogen and oxygen atoms in total. The zero-order valence-electron chi connectivity index (χ0n) is 15.5. The highest BCUT2D eigenvalue weighted by molar-refractivity contribution is 6.07. The van der Waals surface area contributed by atoms with Gasteiger partial charge in [-0.2, -0.15) is 0 Å². The molecule has 0 aliphatic carbocycles. The Labute approximate surface area is 164 Å². The quantitative estimate of drug-likeness (QED) is 0.758. The Balaban J connectivity index is 1.54. The Morgan fingerprint density at radius 2 is 1.89 bits per heavy atom. The fraction of sp³-hybridized carbons (Fsp3) is 0.174. The topological polar surface area (TPSA) is 62.3 Å². The lowest BCUT2D eigenvalue weighted by atomic mass is 10.00. The molecule has 1 aliphatic rings. The fourth-order valence-electron chi connectivity index (χ4n) is 3.49. The number of aromatic nitrogens is 1. The van der Waals surface area contributed by atoms with Crippen LogP contribution in [-0.2, 0) is 17.6 Å². The molecule has 4 rings (SSSR count). The van der Waals surface area contributed by atoms with Crippen molar-refractivity contribution in [2.75, 3.05) is 16.8 Å². The Hall–Kier alpha value is -3.47. The molecule has 0 saturated heterocycles. The van der Waals surface area contributed by atoms with E-state index in [9.17, 15) is 9.59 Å². The molecule has 2 amide bonds. The van der Waals surface area contributed by atoms with E-state index in [4.69, 9.17) is 0 Å². The highest BCUT2D eigenvalue weighted by Gasteiger charge is 2.24. The maximum atomic E-state index is 12.9. The van der Waals surface area contributed by atoms with Crippen molar-refractivity contribution in [2.24, 2.45) is 0 Å². The lowest BCUT2D eigenvalue weighted by Crippen LogP contribution is -2.35. The zero-order chi connectivity index (χ0) is 19.3. The number of benzene rings is 2. The number of anilines is 2. The van der Waals surface area contributed by atoms with Gasteiger partial charge >= 0.3 is 0 Å². The maximum Gasteiger partial charge on any atom is 0.259 e. The van der Waals surface area contributed by atoms with Gasteiger partial charge in [0.05, 0.1) is 12.0 Å². The van der Waals surface area contributed by atoms with E-state index >= 15 is 0 Å². The van der Waals surface area contributed by atoms with Crippen LogP contribution in [0, 0.1) is 0 Å². The van der Waals surface area contributed by atoms with Gasteiger partial charge in [0.15, 0.2) is 0 Å². The minimum absolute atomic E-state index is 0.0678. The molecule has 5 heteroatoms. The van der Waals surface area contributed by atoms with E-state index in [0.29, 0.717) is 24.2 Å². The molecule has 2 aromatic carbocycles. The molecule has 0 saturated carbocycles. The van der Waals surface area contributed by atoms with Crippen LogP contribution >= 0.6 is 0 Å². The highest BCUT2D eigenvalue weighted by atomic mass is 16.2. The van der Waals surface area contributed by atoms with E-state index < -0.39 is 0 Å². The van der Waals surface area contributed by atoms with Gasteiger partial charge in [-0.3, -0.25) is 14.6 Å². The van der Waals surface area contributed by atoms with E-state index in [1.807, 2.05) is 48.5 Å². The van der Waals surface area contributed by atoms with Crippen molar-refractivity contribution in [1.82, 2.24) is 4.98 Å². The van der Waals surface area contributed by atoms with Crippen LogP contribution in [0.4, 0.5) is 11.4 Å². The molecular formula is C23H21N3O2. The second kappa shape index (κ2) is 8.05. The van der Waals surface area contributed by atoms with Crippen LogP contribution in [0.25, 0.3) is 0 Å². The molecule has 0 bridgehead atoms. The molecule has 0 radical (unpaired) electrons. The van der Waals surface area contributed by atoms with Crippen molar-refractivity contribution < 1.29 is 9.59 Å².